The van der Waals surface area contributed by atoms with Gasteiger partial charge in [-0.3, -0.25) is 0 Å². The second-order valence-corrected chi connectivity index (χ2v) is 4.34. The van der Waals surface area contributed by atoms with E-state index in [-0.39, 0.29) is 5.75 Å². The molecule has 17 heavy (non-hydrogen) atoms. The summed E-state index contributed by atoms with van der Waals surface area (Å²) in [5.74, 6) is -0.263. The maximum atomic E-state index is 13.6. The molecule has 0 heterocycles. The molecule has 0 unspecified atom stereocenters. The van der Waals surface area contributed by atoms with Gasteiger partial charge in [-0.15, -0.1) is 0 Å². The molecule has 0 atom stereocenters. The van der Waals surface area contributed by atoms with Crippen LogP contribution in [0.15, 0.2) is 12.1 Å². The molecule has 5 heteroatoms. The molecule has 0 aromatic heterocycles. The van der Waals surface area contributed by atoms with Crippen LogP contribution in [0.5, 0.6) is 5.75 Å². The van der Waals surface area contributed by atoms with Crippen molar-refractivity contribution in [3.05, 3.63) is 29.3 Å². The lowest BCUT2D eigenvalue weighted by Gasteiger charge is -2.17. The van der Waals surface area contributed by atoms with Gasteiger partial charge in [0.05, 0.1) is 7.11 Å². The molecule has 0 fully saturated rings. The van der Waals surface area contributed by atoms with E-state index in [1.54, 1.807) is 0 Å². The van der Waals surface area contributed by atoms with E-state index in [2.05, 4.69) is 12.6 Å². The van der Waals surface area contributed by atoms with Crippen molar-refractivity contribution in [1.29, 1.82) is 0 Å². The van der Waals surface area contributed by atoms with Gasteiger partial charge in [0.1, 0.15) is 5.82 Å². The molecule has 0 spiro atoms. The minimum absolute atomic E-state index is 0.0655. The van der Waals surface area contributed by atoms with Gasteiger partial charge < -0.3 is 9.64 Å². The van der Waals surface area contributed by atoms with Gasteiger partial charge in [0.2, 0.25) is 0 Å². The summed E-state index contributed by atoms with van der Waals surface area (Å²) in [7, 11) is 3.18. The molecule has 0 aliphatic heterocycles. The van der Waals surface area contributed by atoms with Gasteiger partial charge in [0, 0.05) is 18.2 Å². The van der Waals surface area contributed by atoms with Gasteiger partial charge in [0.25, 0.3) is 0 Å². The van der Waals surface area contributed by atoms with Crippen LogP contribution in [0.4, 0.5) is 8.78 Å². The van der Waals surface area contributed by atoms with Gasteiger partial charge >= 0.3 is 0 Å². The lowest BCUT2D eigenvalue weighted by molar-refractivity contribution is 0.320. The quantitative estimate of drug-likeness (QED) is 0.791. The number of nitrogens with zero attached hydrogens (tertiary/aromatic N) is 1. The van der Waals surface area contributed by atoms with Crippen LogP contribution >= 0.6 is 12.6 Å². The number of benzene rings is 1. The van der Waals surface area contributed by atoms with Gasteiger partial charge in [-0.25, -0.2) is 8.78 Å². The molecule has 0 N–H and O–H groups in total. The molecule has 1 aromatic carbocycles. The summed E-state index contributed by atoms with van der Waals surface area (Å²) in [5, 5.41) is 0. The van der Waals surface area contributed by atoms with Crippen molar-refractivity contribution >= 4 is 12.6 Å². The lowest BCUT2D eigenvalue weighted by Crippen LogP contribution is -2.20. The Morgan fingerprint density at radius 2 is 2.00 bits per heavy atom. The highest BCUT2D eigenvalue weighted by atomic mass is 32.1. The summed E-state index contributed by atoms with van der Waals surface area (Å²) >= 11 is 4.11. The second-order valence-electron chi connectivity index (χ2n) is 3.89. The Balaban J connectivity index is 2.74. The van der Waals surface area contributed by atoms with Crippen LogP contribution < -0.4 is 4.74 Å². The predicted octanol–water partition coefficient (Wildman–Crippen LogP) is 2.73. The van der Waals surface area contributed by atoms with Crippen LogP contribution in [0.3, 0.4) is 0 Å². The lowest BCUT2D eigenvalue weighted by atomic mass is 10.2. The van der Waals surface area contributed by atoms with E-state index in [1.807, 2.05) is 11.9 Å². The van der Waals surface area contributed by atoms with E-state index in [0.717, 1.165) is 24.8 Å². The minimum atomic E-state index is -0.536. The average molecular weight is 261 g/mol. The number of halogens is 2. The number of thiol groups is 1. The van der Waals surface area contributed by atoms with E-state index >= 15 is 0 Å². The summed E-state index contributed by atoms with van der Waals surface area (Å²) in [4.78, 5) is 1.93. The Labute approximate surface area is 106 Å². The topological polar surface area (TPSA) is 12.5 Å². The van der Waals surface area contributed by atoms with Crippen LogP contribution in [0.25, 0.3) is 0 Å². The predicted molar refractivity (Wildman–Crippen MR) is 67.7 cm³/mol. The first kappa shape index (κ1) is 14.3. The third-order valence-electron chi connectivity index (χ3n) is 2.46. The highest BCUT2D eigenvalue weighted by Gasteiger charge is 2.11. The van der Waals surface area contributed by atoms with E-state index in [0.29, 0.717) is 12.1 Å². The van der Waals surface area contributed by atoms with E-state index < -0.39 is 11.6 Å². The van der Waals surface area contributed by atoms with Crippen molar-refractivity contribution in [2.75, 3.05) is 26.5 Å². The zero-order valence-corrected chi connectivity index (χ0v) is 10.9. The number of hydrogen-bond acceptors (Lipinski definition) is 3. The van der Waals surface area contributed by atoms with Crippen molar-refractivity contribution in [2.24, 2.45) is 0 Å². The van der Waals surface area contributed by atoms with E-state index in [4.69, 9.17) is 4.74 Å². The van der Waals surface area contributed by atoms with Crippen LogP contribution in [0.1, 0.15) is 12.0 Å². The molecule has 0 bridgehead atoms. The van der Waals surface area contributed by atoms with E-state index in [1.165, 1.54) is 13.2 Å². The van der Waals surface area contributed by atoms with Crippen molar-refractivity contribution in [3.8, 4) is 5.75 Å². The molecule has 0 saturated heterocycles. The van der Waals surface area contributed by atoms with Gasteiger partial charge in [-0.2, -0.15) is 12.6 Å². The van der Waals surface area contributed by atoms with Crippen molar-refractivity contribution in [1.82, 2.24) is 4.90 Å². The smallest absolute Gasteiger partial charge is 0.165 e. The number of hydrogen-bond donors (Lipinski definition) is 1. The van der Waals surface area contributed by atoms with Gasteiger partial charge in [-0.1, -0.05) is 0 Å². The third kappa shape index (κ3) is 4.16. The summed E-state index contributed by atoms with van der Waals surface area (Å²) in [6.07, 6.45) is 0.917. The zero-order valence-electron chi connectivity index (χ0n) is 10.0. The molecule has 0 radical (unpaired) electrons. The number of methoxy groups -OCH3 is 1. The molecule has 1 aromatic rings. The fourth-order valence-corrected chi connectivity index (χ4v) is 1.70. The third-order valence-corrected chi connectivity index (χ3v) is 2.78. The molecule has 1 rings (SSSR count). The minimum Gasteiger partial charge on any atom is -0.494 e. The molecule has 0 amide bonds. The number of rotatable bonds is 6. The van der Waals surface area contributed by atoms with Gasteiger partial charge in [-0.05, 0) is 31.8 Å². The monoisotopic (exact) mass is 261 g/mol. The first-order valence-electron chi connectivity index (χ1n) is 5.39. The maximum Gasteiger partial charge on any atom is 0.165 e. The zero-order chi connectivity index (χ0) is 12.8. The molecule has 0 aliphatic rings. The fraction of sp³-hybridized carbons (Fsp3) is 0.500. The van der Waals surface area contributed by atoms with Crippen LogP contribution in [0, 0.1) is 11.6 Å². The first-order chi connectivity index (χ1) is 8.08. The summed E-state index contributed by atoms with van der Waals surface area (Å²) < 4.78 is 31.7. The Morgan fingerprint density at radius 3 is 2.59 bits per heavy atom. The molecule has 2 nitrogen and oxygen atoms in total. The fourth-order valence-electron chi connectivity index (χ4n) is 1.56. The molecule has 0 aliphatic carbocycles. The molecule has 96 valence electrons. The summed E-state index contributed by atoms with van der Waals surface area (Å²) in [5.41, 5.74) is 0.338. The first-order valence-corrected chi connectivity index (χ1v) is 6.03. The van der Waals surface area contributed by atoms with Crippen molar-refractivity contribution in [2.45, 2.75) is 13.0 Å². The second kappa shape index (κ2) is 6.81. The summed E-state index contributed by atoms with van der Waals surface area (Å²) in [6.45, 7) is 1.18. The Kier molecular flexibility index (Phi) is 5.71. The molecule has 0 saturated carbocycles. The molecular weight excluding hydrogens is 244 g/mol. The largest absolute Gasteiger partial charge is 0.494 e. The van der Waals surface area contributed by atoms with Crippen LogP contribution in [-0.4, -0.2) is 31.4 Å². The standard InChI is InChI=1S/C12H17F2NOS/c1-15(4-3-5-17)8-9-6-11(14)12(16-2)7-10(9)13/h6-7,17H,3-5,8H2,1-2H3. The highest BCUT2D eigenvalue weighted by molar-refractivity contribution is 7.80. The van der Waals surface area contributed by atoms with Crippen LogP contribution in [-0.2, 0) is 6.54 Å². The Hall–Kier alpha value is -0.810. The van der Waals surface area contributed by atoms with Crippen molar-refractivity contribution < 1.29 is 13.5 Å². The van der Waals surface area contributed by atoms with Gasteiger partial charge in [0.15, 0.2) is 11.6 Å². The van der Waals surface area contributed by atoms with Crippen LogP contribution in [0.2, 0.25) is 0 Å². The summed E-state index contributed by atoms with van der Waals surface area (Å²) in [6, 6.07) is 2.27. The number of ether oxygens (including phenoxy) is 1. The average Bonchev–Trinajstić information content (AvgIpc) is 2.30. The Morgan fingerprint density at radius 1 is 1.29 bits per heavy atom. The molecular formula is C12H17F2NOS. The van der Waals surface area contributed by atoms with E-state index in [9.17, 15) is 8.78 Å². The highest BCUT2D eigenvalue weighted by Crippen LogP contribution is 2.22. The Bertz CT molecular complexity index is 374. The van der Waals surface area contributed by atoms with Crippen molar-refractivity contribution in [3.63, 3.8) is 0 Å². The normalized spacial score (nSPS) is 10.9. The SMILES string of the molecule is COc1cc(F)c(CN(C)CCCS)cc1F. The maximum absolute atomic E-state index is 13.6.